The number of likely N-dealkylation sites (tertiary alicyclic amines) is 1. The molecule has 4 heteroatoms. The Morgan fingerprint density at radius 3 is 2.38 bits per heavy atom. The molecule has 0 aromatic heterocycles. The Kier molecular flexibility index (Phi) is 6.36. The molecule has 2 N–H and O–H groups in total. The lowest BCUT2D eigenvalue weighted by Gasteiger charge is -2.34. The summed E-state index contributed by atoms with van der Waals surface area (Å²) in [6.07, 6.45) is 13.5. The summed E-state index contributed by atoms with van der Waals surface area (Å²) in [5, 5.41) is 0. The maximum atomic E-state index is 12.7. The Morgan fingerprint density at radius 1 is 0.952 bits per heavy atom. The van der Waals surface area contributed by atoms with Crippen molar-refractivity contribution in [3.63, 3.8) is 0 Å². The summed E-state index contributed by atoms with van der Waals surface area (Å²) in [5.41, 5.74) is 6.13. The number of halogens is 1. The van der Waals surface area contributed by atoms with E-state index >= 15 is 0 Å². The van der Waals surface area contributed by atoms with E-state index in [0.29, 0.717) is 24.3 Å². The molecule has 21 heavy (non-hydrogen) atoms. The molecule has 0 spiro atoms. The second-order valence-corrected chi connectivity index (χ2v) is 7.25. The first-order valence-corrected chi connectivity index (χ1v) is 8.81. The van der Waals surface area contributed by atoms with Gasteiger partial charge < -0.3 is 10.6 Å². The van der Waals surface area contributed by atoms with Gasteiger partial charge in [-0.05, 0) is 50.4 Å². The fourth-order valence-electron chi connectivity index (χ4n) is 4.77. The minimum Gasteiger partial charge on any atom is -0.339 e. The van der Waals surface area contributed by atoms with Crippen LogP contribution in [0, 0.1) is 11.8 Å². The monoisotopic (exact) mass is 314 g/mol. The first-order chi connectivity index (χ1) is 9.75. The smallest absolute Gasteiger partial charge is 0.223 e. The highest BCUT2D eigenvalue weighted by Gasteiger charge is 2.36. The molecule has 2 saturated carbocycles. The third kappa shape index (κ3) is 3.92. The van der Waals surface area contributed by atoms with Crippen molar-refractivity contribution in [2.45, 2.75) is 82.7 Å². The van der Waals surface area contributed by atoms with Gasteiger partial charge in [0.1, 0.15) is 0 Å². The molecule has 1 unspecified atom stereocenters. The molecule has 2 aliphatic carbocycles. The molecule has 3 nitrogen and oxygen atoms in total. The lowest BCUT2D eigenvalue weighted by atomic mass is 9.82. The number of carbonyl (C=O) groups is 1. The predicted octanol–water partition coefficient (Wildman–Crippen LogP) is 3.50. The number of hydrogen-bond donors (Lipinski definition) is 1. The molecule has 1 amide bonds. The van der Waals surface area contributed by atoms with Gasteiger partial charge in [-0.1, -0.05) is 25.7 Å². The highest BCUT2D eigenvalue weighted by molar-refractivity contribution is 5.85. The number of hydrogen-bond acceptors (Lipinski definition) is 2. The average molecular weight is 315 g/mol. The van der Waals surface area contributed by atoms with Crippen LogP contribution in [0.4, 0.5) is 0 Å². The van der Waals surface area contributed by atoms with Crippen LogP contribution in [0.1, 0.15) is 70.6 Å². The van der Waals surface area contributed by atoms with E-state index in [9.17, 15) is 4.79 Å². The van der Waals surface area contributed by atoms with Crippen molar-refractivity contribution in [3.05, 3.63) is 0 Å². The van der Waals surface area contributed by atoms with Crippen molar-refractivity contribution in [1.29, 1.82) is 0 Å². The van der Waals surface area contributed by atoms with Crippen LogP contribution in [0.3, 0.4) is 0 Å². The molecule has 0 aromatic rings. The van der Waals surface area contributed by atoms with Gasteiger partial charge in [-0.25, -0.2) is 0 Å². The van der Waals surface area contributed by atoms with Gasteiger partial charge >= 0.3 is 0 Å². The van der Waals surface area contributed by atoms with E-state index in [4.69, 9.17) is 5.73 Å². The van der Waals surface area contributed by atoms with Crippen LogP contribution in [0.2, 0.25) is 0 Å². The van der Waals surface area contributed by atoms with Crippen LogP contribution in [-0.2, 0) is 4.79 Å². The fraction of sp³-hybridized carbons (Fsp3) is 0.941. The molecule has 0 aromatic carbocycles. The highest BCUT2D eigenvalue weighted by Crippen LogP contribution is 2.35. The second-order valence-electron chi connectivity index (χ2n) is 7.25. The van der Waals surface area contributed by atoms with Crippen LogP contribution < -0.4 is 5.73 Å². The normalized spacial score (nSPS) is 34.0. The quantitative estimate of drug-likeness (QED) is 0.866. The third-order valence-electron chi connectivity index (χ3n) is 5.97. The van der Waals surface area contributed by atoms with Gasteiger partial charge in [-0.15, -0.1) is 12.4 Å². The molecule has 3 atom stereocenters. The molecular formula is C17H31ClN2O. The van der Waals surface area contributed by atoms with Crippen molar-refractivity contribution >= 4 is 18.3 Å². The van der Waals surface area contributed by atoms with E-state index in [2.05, 4.69) is 4.90 Å². The number of amides is 1. The van der Waals surface area contributed by atoms with Crippen LogP contribution in [-0.4, -0.2) is 29.4 Å². The summed E-state index contributed by atoms with van der Waals surface area (Å²) < 4.78 is 0. The third-order valence-corrected chi connectivity index (χ3v) is 5.97. The lowest BCUT2D eigenvalue weighted by Crippen LogP contribution is -2.42. The summed E-state index contributed by atoms with van der Waals surface area (Å²) >= 11 is 0. The number of nitrogens with zero attached hydrogens (tertiary/aromatic N) is 1. The molecule has 3 aliphatic rings. The fourth-order valence-corrected chi connectivity index (χ4v) is 4.77. The molecular weight excluding hydrogens is 284 g/mol. The predicted molar refractivity (Wildman–Crippen MR) is 88.5 cm³/mol. The zero-order valence-electron chi connectivity index (χ0n) is 13.1. The maximum absolute atomic E-state index is 12.7. The zero-order valence-corrected chi connectivity index (χ0v) is 14.0. The summed E-state index contributed by atoms with van der Waals surface area (Å²) in [5.74, 6) is 1.64. The van der Waals surface area contributed by atoms with Crippen molar-refractivity contribution < 1.29 is 4.79 Å². The number of nitrogens with two attached hydrogens (primary N) is 1. The van der Waals surface area contributed by atoms with E-state index in [0.717, 1.165) is 25.3 Å². The Hall–Kier alpha value is -0.280. The van der Waals surface area contributed by atoms with E-state index in [-0.39, 0.29) is 18.4 Å². The van der Waals surface area contributed by atoms with Crippen molar-refractivity contribution in [1.82, 2.24) is 4.90 Å². The van der Waals surface area contributed by atoms with Crippen LogP contribution >= 0.6 is 12.4 Å². The van der Waals surface area contributed by atoms with E-state index in [1.807, 2.05) is 0 Å². The van der Waals surface area contributed by atoms with Gasteiger partial charge in [0.2, 0.25) is 5.91 Å². The van der Waals surface area contributed by atoms with Crippen LogP contribution in [0.25, 0.3) is 0 Å². The Bertz CT molecular complexity index is 344. The Labute approximate surface area is 135 Å². The minimum atomic E-state index is 0. The highest BCUT2D eigenvalue weighted by atomic mass is 35.5. The number of rotatable bonds is 3. The van der Waals surface area contributed by atoms with Gasteiger partial charge in [0, 0.05) is 25.0 Å². The van der Waals surface area contributed by atoms with Gasteiger partial charge in [0.15, 0.2) is 0 Å². The molecule has 3 rings (SSSR count). The Balaban J connectivity index is 0.00000161. The first-order valence-electron chi connectivity index (χ1n) is 8.81. The molecule has 1 aliphatic heterocycles. The maximum Gasteiger partial charge on any atom is 0.223 e. The summed E-state index contributed by atoms with van der Waals surface area (Å²) in [6.45, 7) is 1.00. The number of carbonyl (C=O) groups excluding carboxylic acids is 1. The molecule has 1 saturated heterocycles. The summed E-state index contributed by atoms with van der Waals surface area (Å²) in [6, 6.07) is 0.829. The molecule has 3 fully saturated rings. The molecule has 0 radical (unpaired) electrons. The summed E-state index contributed by atoms with van der Waals surface area (Å²) in [4.78, 5) is 14.9. The topological polar surface area (TPSA) is 46.3 Å². The zero-order chi connectivity index (χ0) is 13.9. The van der Waals surface area contributed by atoms with Gasteiger partial charge in [-0.3, -0.25) is 4.79 Å². The van der Waals surface area contributed by atoms with Crippen molar-refractivity contribution in [2.24, 2.45) is 17.6 Å². The van der Waals surface area contributed by atoms with Crippen molar-refractivity contribution in [3.8, 4) is 0 Å². The lowest BCUT2D eigenvalue weighted by molar-refractivity contribution is -0.134. The Morgan fingerprint density at radius 2 is 1.71 bits per heavy atom. The average Bonchev–Trinajstić information content (AvgIpc) is 3.09. The second kappa shape index (κ2) is 7.82. The molecule has 0 bridgehead atoms. The largest absolute Gasteiger partial charge is 0.339 e. The first kappa shape index (κ1) is 17.1. The molecule has 122 valence electrons. The molecule has 1 heterocycles. The van der Waals surface area contributed by atoms with Crippen molar-refractivity contribution in [2.75, 3.05) is 6.54 Å². The van der Waals surface area contributed by atoms with Gasteiger partial charge in [-0.2, -0.15) is 0 Å². The standard InChI is InChI=1S/C17H30N2O.ClH/c18-15-9-4-8-14(15)12-17(20)19-11-5-10-16(19)13-6-2-1-3-7-13;/h13-16H,1-12,18H2;1H/t14-,15+,16?;/m0./s1. The van der Waals surface area contributed by atoms with E-state index < -0.39 is 0 Å². The minimum absolute atomic E-state index is 0. The summed E-state index contributed by atoms with van der Waals surface area (Å²) in [7, 11) is 0. The van der Waals surface area contributed by atoms with E-state index in [1.54, 1.807) is 0 Å². The van der Waals surface area contributed by atoms with E-state index in [1.165, 1.54) is 51.4 Å². The van der Waals surface area contributed by atoms with Crippen LogP contribution in [0.15, 0.2) is 0 Å². The van der Waals surface area contributed by atoms with Gasteiger partial charge in [0.25, 0.3) is 0 Å². The SMILES string of the molecule is Cl.N[C@@H]1CCC[C@H]1CC(=O)N1CCCC1C1CCCCC1. The van der Waals surface area contributed by atoms with Crippen LogP contribution in [0.5, 0.6) is 0 Å². The van der Waals surface area contributed by atoms with Gasteiger partial charge in [0.05, 0.1) is 0 Å².